The zero-order chi connectivity index (χ0) is 25.1. The topological polar surface area (TPSA) is 57.0 Å². The summed E-state index contributed by atoms with van der Waals surface area (Å²) in [6.45, 7) is 13.3. The molecular weight excluding hydrogens is 436 g/mol. The average Bonchev–Trinajstić information content (AvgIpc) is 3.38. The number of hydrogen-bond donors (Lipinski definition) is 1. The van der Waals surface area contributed by atoms with Crippen LogP contribution in [-0.2, 0) is 19.6 Å². The standard InChI is InChI=1S/C30H36N2O3/c1-17-18(2)29-26(27(30(4,5)35-29)21-10-8-20(14-31)9-11-21)19(3)28(17)32-15-22-12-24(33-6)25(34-7)13-23(22)16-32/h8-13,27H,14-16,31H2,1-7H3/t27-/m1/s1. The number of benzene rings is 3. The van der Waals surface area contributed by atoms with Gasteiger partial charge in [0.1, 0.15) is 11.4 Å². The molecule has 0 amide bonds. The first kappa shape index (κ1) is 23.6. The molecule has 0 aliphatic carbocycles. The van der Waals surface area contributed by atoms with Crippen molar-refractivity contribution in [2.75, 3.05) is 19.1 Å². The quantitative estimate of drug-likeness (QED) is 0.500. The summed E-state index contributed by atoms with van der Waals surface area (Å²) in [6.07, 6.45) is 0. The minimum atomic E-state index is -0.345. The number of nitrogens with two attached hydrogens (primary N) is 1. The first-order valence-corrected chi connectivity index (χ1v) is 12.3. The van der Waals surface area contributed by atoms with Crippen LogP contribution in [0, 0.1) is 20.8 Å². The van der Waals surface area contributed by atoms with Gasteiger partial charge in [-0.3, -0.25) is 0 Å². The van der Waals surface area contributed by atoms with Gasteiger partial charge in [0.2, 0.25) is 0 Å². The van der Waals surface area contributed by atoms with E-state index in [2.05, 4.69) is 75.9 Å². The highest BCUT2D eigenvalue weighted by atomic mass is 16.5. The predicted molar refractivity (Wildman–Crippen MR) is 141 cm³/mol. The van der Waals surface area contributed by atoms with Crippen LogP contribution in [-0.4, -0.2) is 19.8 Å². The second kappa shape index (κ2) is 8.49. The van der Waals surface area contributed by atoms with Gasteiger partial charge in [0.15, 0.2) is 11.5 Å². The lowest BCUT2D eigenvalue weighted by molar-refractivity contribution is 0.121. The van der Waals surface area contributed by atoms with Crippen molar-refractivity contribution >= 4 is 5.69 Å². The Hall–Kier alpha value is -3.18. The van der Waals surface area contributed by atoms with E-state index in [9.17, 15) is 0 Å². The van der Waals surface area contributed by atoms with E-state index in [0.29, 0.717) is 6.54 Å². The van der Waals surface area contributed by atoms with E-state index in [1.54, 1.807) is 14.2 Å². The minimum absolute atomic E-state index is 0.146. The molecule has 1 atom stereocenters. The Balaban J connectivity index is 1.62. The van der Waals surface area contributed by atoms with E-state index < -0.39 is 0 Å². The molecule has 3 aromatic carbocycles. The van der Waals surface area contributed by atoms with Crippen LogP contribution in [0.3, 0.4) is 0 Å². The number of methoxy groups -OCH3 is 2. The van der Waals surface area contributed by atoms with Crippen molar-refractivity contribution in [3.8, 4) is 17.2 Å². The highest BCUT2D eigenvalue weighted by Crippen LogP contribution is 2.54. The maximum Gasteiger partial charge on any atom is 0.161 e. The predicted octanol–water partition coefficient (Wildman–Crippen LogP) is 5.91. The first-order valence-electron chi connectivity index (χ1n) is 12.3. The SMILES string of the molecule is COc1cc2c(cc1OC)CN(c1c(C)c(C)c3c(c1C)[C@@H](c1ccc(CN)cc1)C(C)(C)O3)C2. The van der Waals surface area contributed by atoms with E-state index in [4.69, 9.17) is 19.9 Å². The van der Waals surface area contributed by atoms with Crippen LogP contribution in [0.4, 0.5) is 5.69 Å². The third kappa shape index (κ3) is 3.64. The summed E-state index contributed by atoms with van der Waals surface area (Å²) in [5.41, 5.74) is 16.9. The van der Waals surface area contributed by atoms with Crippen LogP contribution >= 0.6 is 0 Å². The fourth-order valence-electron chi connectivity index (χ4n) is 6.05. The number of ether oxygens (including phenoxy) is 3. The lowest BCUT2D eigenvalue weighted by Crippen LogP contribution is -2.31. The van der Waals surface area contributed by atoms with Gasteiger partial charge in [0.05, 0.1) is 20.1 Å². The van der Waals surface area contributed by atoms with Crippen molar-refractivity contribution < 1.29 is 14.2 Å². The molecule has 5 rings (SSSR count). The molecule has 2 heterocycles. The zero-order valence-electron chi connectivity index (χ0n) is 21.9. The molecule has 0 aromatic heterocycles. The molecule has 184 valence electrons. The fraction of sp³-hybridized carbons (Fsp3) is 0.400. The van der Waals surface area contributed by atoms with E-state index in [1.165, 1.54) is 44.6 Å². The summed E-state index contributed by atoms with van der Waals surface area (Å²) in [6, 6.07) is 12.9. The van der Waals surface area contributed by atoms with E-state index in [0.717, 1.165) is 35.9 Å². The van der Waals surface area contributed by atoms with E-state index in [-0.39, 0.29) is 11.5 Å². The van der Waals surface area contributed by atoms with Gasteiger partial charge < -0.3 is 24.8 Å². The molecule has 0 saturated heterocycles. The monoisotopic (exact) mass is 472 g/mol. The van der Waals surface area contributed by atoms with Crippen molar-refractivity contribution in [1.29, 1.82) is 0 Å². The van der Waals surface area contributed by atoms with Gasteiger partial charge in [-0.05, 0) is 85.7 Å². The van der Waals surface area contributed by atoms with Crippen LogP contribution in [0.1, 0.15) is 64.3 Å². The molecule has 0 fully saturated rings. The molecular formula is C30H36N2O3. The number of rotatable bonds is 5. The van der Waals surface area contributed by atoms with Gasteiger partial charge in [0.25, 0.3) is 0 Å². The van der Waals surface area contributed by atoms with Gasteiger partial charge in [-0.25, -0.2) is 0 Å². The molecule has 2 N–H and O–H groups in total. The molecule has 2 aliphatic heterocycles. The van der Waals surface area contributed by atoms with Crippen molar-refractivity contribution in [3.05, 3.63) is 80.9 Å². The highest BCUT2D eigenvalue weighted by molar-refractivity contribution is 5.73. The Labute approximate surface area is 208 Å². The fourth-order valence-corrected chi connectivity index (χ4v) is 6.05. The van der Waals surface area contributed by atoms with Crippen molar-refractivity contribution in [2.24, 2.45) is 5.73 Å². The smallest absolute Gasteiger partial charge is 0.161 e. The van der Waals surface area contributed by atoms with Crippen LogP contribution in [0.5, 0.6) is 17.2 Å². The molecule has 5 heteroatoms. The molecule has 0 saturated carbocycles. The third-order valence-corrected chi connectivity index (χ3v) is 7.90. The Morgan fingerprint density at radius 1 is 0.914 bits per heavy atom. The first-order chi connectivity index (χ1) is 16.7. The highest BCUT2D eigenvalue weighted by Gasteiger charge is 2.45. The summed E-state index contributed by atoms with van der Waals surface area (Å²) in [7, 11) is 3.38. The largest absolute Gasteiger partial charge is 0.493 e. The Kier molecular flexibility index (Phi) is 5.71. The summed E-state index contributed by atoms with van der Waals surface area (Å²) >= 11 is 0. The Bertz CT molecular complexity index is 1260. The van der Waals surface area contributed by atoms with Crippen molar-refractivity contribution in [2.45, 2.75) is 65.8 Å². The minimum Gasteiger partial charge on any atom is -0.493 e. The van der Waals surface area contributed by atoms with Gasteiger partial charge in [-0.15, -0.1) is 0 Å². The summed E-state index contributed by atoms with van der Waals surface area (Å²) in [5.74, 6) is 2.75. The summed E-state index contributed by atoms with van der Waals surface area (Å²) in [4.78, 5) is 2.49. The summed E-state index contributed by atoms with van der Waals surface area (Å²) < 4.78 is 17.8. The molecule has 0 radical (unpaired) electrons. The molecule has 35 heavy (non-hydrogen) atoms. The zero-order valence-corrected chi connectivity index (χ0v) is 21.9. The van der Waals surface area contributed by atoms with Crippen LogP contribution in [0.15, 0.2) is 36.4 Å². The lowest BCUT2D eigenvalue weighted by atomic mass is 9.78. The van der Waals surface area contributed by atoms with Crippen LogP contribution in [0.25, 0.3) is 0 Å². The van der Waals surface area contributed by atoms with Gasteiger partial charge in [-0.2, -0.15) is 0 Å². The molecule has 0 bridgehead atoms. The summed E-state index contributed by atoms with van der Waals surface area (Å²) in [5, 5.41) is 0. The molecule has 5 nitrogen and oxygen atoms in total. The molecule has 2 aliphatic rings. The maximum atomic E-state index is 6.67. The molecule has 0 unspecified atom stereocenters. The maximum absolute atomic E-state index is 6.67. The average molecular weight is 473 g/mol. The second-order valence-electron chi connectivity index (χ2n) is 10.4. The van der Waals surface area contributed by atoms with Crippen molar-refractivity contribution in [1.82, 2.24) is 0 Å². The van der Waals surface area contributed by atoms with Crippen molar-refractivity contribution in [3.63, 3.8) is 0 Å². The second-order valence-corrected chi connectivity index (χ2v) is 10.4. The normalized spacial score (nSPS) is 17.7. The Morgan fingerprint density at radius 3 is 2.00 bits per heavy atom. The molecule has 0 spiro atoms. The van der Waals surface area contributed by atoms with Gasteiger partial charge in [0, 0.05) is 30.9 Å². The number of anilines is 1. The number of hydrogen-bond acceptors (Lipinski definition) is 5. The molecule has 3 aromatic rings. The van der Waals surface area contributed by atoms with E-state index >= 15 is 0 Å². The number of nitrogens with zero attached hydrogens (tertiary/aromatic N) is 1. The van der Waals surface area contributed by atoms with Crippen LogP contribution < -0.4 is 24.8 Å². The van der Waals surface area contributed by atoms with E-state index in [1.807, 2.05) is 0 Å². The third-order valence-electron chi connectivity index (χ3n) is 7.90. The van der Waals surface area contributed by atoms with Crippen LogP contribution in [0.2, 0.25) is 0 Å². The van der Waals surface area contributed by atoms with Gasteiger partial charge >= 0.3 is 0 Å². The van der Waals surface area contributed by atoms with Gasteiger partial charge in [-0.1, -0.05) is 24.3 Å². The number of fused-ring (bicyclic) bond motifs is 2. The lowest BCUT2D eigenvalue weighted by Gasteiger charge is -2.29. The Morgan fingerprint density at radius 2 is 1.49 bits per heavy atom.